The van der Waals surface area contributed by atoms with Crippen molar-refractivity contribution in [1.29, 1.82) is 0 Å². The van der Waals surface area contributed by atoms with Crippen molar-refractivity contribution >= 4 is 0 Å². The average Bonchev–Trinajstić information content (AvgIpc) is 2.43. The van der Waals surface area contributed by atoms with E-state index in [9.17, 15) is 0 Å². The maximum Gasteiger partial charge on any atom is 0.130 e. The predicted octanol–water partition coefficient (Wildman–Crippen LogP) is 0.219. The number of hydrogen-bond donors (Lipinski definition) is 1. The Hall–Kier alpha value is -1.04. The minimum atomic E-state index is 0.535. The van der Waals surface area contributed by atoms with Gasteiger partial charge in [0, 0.05) is 62.9 Å². The Morgan fingerprint density at radius 2 is 2.10 bits per heavy atom. The van der Waals surface area contributed by atoms with E-state index < -0.39 is 0 Å². The third-order valence-electron chi connectivity index (χ3n) is 4.58. The van der Waals surface area contributed by atoms with Crippen molar-refractivity contribution in [1.82, 2.24) is 25.1 Å². The van der Waals surface area contributed by atoms with Crippen LogP contribution >= 0.6 is 0 Å². The second kappa shape index (κ2) is 5.76. The Balaban J connectivity index is 1.78. The number of rotatable bonds is 2. The van der Waals surface area contributed by atoms with Crippen LogP contribution in [0.15, 0.2) is 0 Å². The first-order valence-corrected chi connectivity index (χ1v) is 7.58. The molecule has 5 heteroatoms. The molecule has 110 valence electrons. The normalized spacial score (nSPS) is 24.6. The van der Waals surface area contributed by atoms with E-state index in [0.29, 0.717) is 6.04 Å². The maximum absolute atomic E-state index is 4.83. The fraction of sp³-hybridized carbons (Fsp3) is 0.733. The number of hydrogen-bond acceptors (Lipinski definition) is 5. The lowest BCUT2D eigenvalue weighted by molar-refractivity contribution is 0.113. The highest BCUT2D eigenvalue weighted by atomic mass is 15.3. The van der Waals surface area contributed by atoms with Gasteiger partial charge < -0.3 is 15.1 Å². The summed E-state index contributed by atoms with van der Waals surface area (Å²) in [6, 6.07) is 0.535. The Morgan fingerprint density at radius 1 is 1.25 bits per heavy atom. The standard InChI is InChI=1S/C15H25N5/c1-11-13-9-16-5-4-14(13)18-15(17-11)8-12-10-19(2)6-7-20(12)3/h12,16H,4-10H2,1-3H3. The van der Waals surface area contributed by atoms with Gasteiger partial charge in [-0.15, -0.1) is 0 Å². The highest BCUT2D eigenvalue weighted by Gasteiger charge is 2.24. The fourth-order valence-electron chi connectivity index (χ4n) is 3.20. The van der Waals surface area contributed by atoms with Crippen molar-refractivity contribution in [3.05, 3.63) is 22.8 Å². The molecule has 0 spiro atoms. The van der Waals surface area contributed by atoms with Crippen LogP contribution in [-0.4, -0.2) is 66.1 Å². The van der Waals surface area contributed by atoms with Crippen LogP contribution in [0.1, 0.15) is 22.8 Å². The number of aromatic nitrogens is 2. The molecule has 0 radical (unpaired) electrons. The van der Waals surface area contributed by atoms with Crippen molar-refractivity contribution in [3.8, 4) is 0 Å². The molecule has 20 heavy (non-hydrogen) atoms. The molecule has 2 aliphatic rings. The minimum absolute atomic E-state index is 0.535. The van der Waals surface area contributed by atoms with Gasteiger partial charge in [0.25, 0.3) is 0 Å². The van der Waals surface area contributed by atoms with Crippen LogP contribution in [0.4, 0.5) is 0 Å². The van der Waals surface area contributed by atoms with Crippen LogP contribution in [0.25, 0.3) is 0 Å². The molecule has 2 aliphatic heterocycles. The zero-order valence-corrected chi connectivity index (χ0v) is 12.8. The summed E-state index contributed by atoms with van der Waals surface area (Å²) in [7, 11) is 4.41. The lowest BCUT2D eigenvalue weighted by Gasteiger charge is -2.37. The smallest absolute Gasteiger partial charge is 0.130 e. The van der Waals surface area contributed by atoms with E-state index in [1.807, 2.05) is 0 Å². The van der Waals surface area contributed by atoms with Gasteiger partial charge in [0.15, 0.2) is 0 Å². The summed E-state index contributed by atoms with van der Waals surface area (Å²) < 4.78 is 0. The van der Waals surface area contributed by atoms with E-state index in [0.717, 1.165) is 57.1 Å². The van der Waals surface area contributed by atoms with Crippen molar-refractivity contribution in [3.63, 3.8) is 0 Å². The number of nitrogens with zero attached hydrogens (tertiary/aromatic N) is 4. The van der Waals surface area contributed by atoms with Gasteiger partial charge in [-0.1, -0.05) is 0 Å². The zero-order valence-electron chi connectivity index (χ0n) is 12.8. The third kappa shape index (κ3) is 2.85. The van der Waals surface area contributed by atoms with Crippen molar-refractivity contribution < 1.29 is 0 Å². The largest absolute Gasteiger partial charge is 0.312 e. The minimum Gasteiger partial charge on any atom is -0.312 e. The van der Waals surface area contributed by atoms with Gasteiger partial charge in [-0.25, -0.2) is 9.97 Å². The molecule has 0 aromatic carbocycles. The van der Waals surface area contributed by atoms with Crippen molar-refractivity contribution in [2.45, 2.75) is 32.4 Å². The van der Waals surface area contributed by atoms with Gasteiger partial charge >= 0.3 is 0 Å². The molecule has 5 nitrogen and oxygen atoms in total. The number of aryl methyl sites for hydroxylation is 1. The Bertz CT molecular complexity index is 487. The van der Waals surface area contributed by atoms with Crippen LogP contribution in [0.2, 0.25) is 0 Å². The van der Waals surface area contributed by atoms with Crippen molar-refractivity contribution in [2.75, 3.05) is 40.3 Å². The summed E-state index contributed by atoms with van der Waals surface area (Å²) in [6.07, 6.45) is 1.99. The highest BCUT2D eigenvalue weighted by Crippen LogP contribution is 2.17. The van der Waals surface area contributed by atoms with Gasteiger partial charge in [0.05, 0.1) is 5.69 Å². The summed E-state index contributed by atoms with van der Waals surface area (Å²) in [5.41, 5.74) is 3.73. The monoisotopic (exact) mass is 275 g/mol. The van der Waals surface area contributed by atoms with Crippen LogP contribution < -0.4 is 5.32 Å². The molecule has 0 aliphatic carbocycles. The molecule has 3 heterocycles. The Labute approximate surface area is 121 Å². The molecule has 0 saturated carbocycles. The maximum atomic E-state index is 4.83. The average molecular weight is 275 g/mol. The van der Waals surface area contributed by atoms with E-state index in [-0.39, 0.29) is 0 Å². The van der Waals surface area contributed by atoms with Gasteiger partial charge in [-0.2, -0.15) is 0 Å². The number of piperazine rings is 1. The van der Waals surface area contributed by atoms with E-state index >= 15 is 0 Å². The number of fused-ring (bicyclic) bond motifs is 1. The van der Waals surface area contributed by atoms with Crippen LogP contribution in [-0.2, 0) is 19.4 Å². The molecular weight excluding hydrogens is 250 g/mol. The van der Waals surface area contributed by atoms with Crippen LogP contribution in [0.3, 0.4) is 0 Å². The van der Waals surface area contributed by atoms with E-state index in [1.54, 1.807) is 0 Å². The molecule has 1 saturated heterocycles. The summed E-state index contributed by atoms with van der Waals surface area (Å²) in [6.45, 7) is 7.48. The van der Waals surface area contributed by atoms with E-state index in [2.05, 4.69) is 36.1 Å². The lowest BCUT2D eigenvalue weighted by Crippen LogP contribution is -2.51. The molecule has 1 aromatic rings. The van der Waals surface area contributed by atoms with Gasteiger partial charge in [-0.3, -0.25) is 0 Å². The van der Waals surface area contributed by atoms with Crippen LogP contribution in [0, 0.1) is 6.92 Å². The second-order valence-corrected chi connectivity index (χ2v) is 6.18. The molecule has 1 aromatic heterocycles. The summed E-state index contributed by atoms with van der Waals surface area (Å²) in [5, 5.41) is 3.40. The lowest BCUT2D eigenvalue weighted by atomic mass is 10.0. The molecule has 1 fully saturated rings. The first-order chi connectivity index (χ1) is 9.63. The third-order valence-corrected chi connectivity index (χ3v) is 4.58. The second-order valence-electron chi connectivity index (χ2n) is 6.18. The topological polar surface area (TPSA) is 44.3 Å². The summed E-state index contributed by atoms with van der Waals surface area (Å²) in [4.78, 5) is 14.4. The molecular formula is C15H25N5. The highest BCUT2D eigenvalue weighted by molar-refractivity contribution is 5.27. The Morgan fingerprint density at radius 3 is 2.95 bits per heavy atom. The van der Waals surface area contributed by atoms with E-state index in [4.69, 9.17) is 9.97 Å². The zero-order chi connectivity index (χ0) is 14.1. The quantitative estimate of drug-likeness (QED) is 0.836. The number of likely N-dealkylation sites (N-methyl/N-ethyl adjacent to an activating group) is 2. The first-order valence-electron chi connectivity index (χ1n) is 7.58. The van der Waals surface area contributed by atoms with E-state index in [1.165, 1.54) is 11.3 Å². The number of nitrogens with one attached hydrogen (secondary N) is 1. The molecule has 1 atom stereocenters. The molecule has 3 rings (SSSR count). The Kier molecular flexibility index (Phi) is 4.01. The summed E-state index contributed by atoms with van der Waals surface area (Å²) in [5.74, 6) is 1.02. The van der Waals surface area contributed by atoms with Gasteiger partial charge in [0.1, 0.15) is 5.82 Å². The predicted molar refractivity (Wildman–Crippen MR) is 79.8 cm³/mol. The van der Waals surface area contributed by atoms with Gasteiger partial charge in [0.2, 0.25) is 0 Å². The van der Waals surface area contributed by atoms with Gasteiger partial charge in [-0.05, 0) is 21.0 Å². The molecule has 1 unspecified atom stereocenters. The SMILES string of the molecule is Cc1nc(CC2CN(C)CCN2C)nc2c1CNCC2. The summed E-state index contributed by atoms with van der Waals surface area (Å²) >= 11 is 0. The van der Waals surface area contributed by atoms with Crippen molar-refractivity contribution in [2.24, 2.45) is 0 Å². The van der Waals surface area contributed by atoms with Crippen LogP contribution in [0.5, 0.6) is 0 Å². The molecule has 1 N–H and O–H groups in total. The molecule has 0 amide bonds. The fourth-order valence-corrected chi connectivity index (χ4v) is 3.20. The molecule has 0 bridgehead atoms. The first kappa shape index (κ1) is 13.9.